The Hall–Kier alpha value is -3.03. The molecule has 0 spiro atoms. The van der Waals surface area contributed by atoms with Gasteiger partial charge in [-0.15, -0.1) is 0 Å². The Labute approximate surface area is 184 Å². The number of urea groups is 1. The summed E-state index contributed by atoms with van der Waals surface area (Å²) < 4.78 is 5.61. The number of hydrogen-bond donors (Lipinski definition) is 1. The molecule has 1 aromatic heterocycles. The highest BCUT2D eigenvalue weighted by atomic mass is 16.5. The van der Waals surface area contributed by atoms with Crippen molar-refractivity contribution in [1.29, 1.82) is 0 Å². The molecule has 4 rings (SSSR count). The molecular formula is C23H32N6O2. The van der Waals surface area contributed by atoms with Crippen molar-refractivity contribution in [1.82, 2.24) is 14.9 Å². The number of nitrogens with one attached hydrogen (secondary N) is 1. The molecule has 1 aromatic carbocycles. The predicted octanol–water partition coefficient (Wildman–Crippen LogP) is 3.53. The molecular weight excluding hydrogens is 392 g/mol. The Morgan fingerprint density at radius 3 is 2.29 bits per heavy atom. The number of piperidine rings is 1. The molecule has 2 amide bonds. The fraction of sp³-hybridized carbons (Fsp3) is 0.522. The third kappa shape index (κ3) is 5.18. The second kappa shape index (κ2) is 9.85. The SMILES string of the molecule is CCOc1ccccc1NC(=O)N1CCN(c2cc(N3CCCCC3)nc(C)n2)CC1. The Morgan fingerprint density at radius 1 is 0.968 bits per heavy atom. The van der Waals surface area contributed by atoms with Crippen LogP contribution >= 0.6 is 0 Å². The van der Waals surface area contributed by atoms with Gasteiger partial charge in [0.1, 0.15) is 23.2 Å². The molecule has 31 heavy (non-hydrogen) atoms. The van der Waals surface area contributed by atoms with Crippen LogP contribution < -0.4 is 19.9 Å². The maximum atomic E-state index is 12.8. The van der Waals surface area contributed by atoms with Gasteiger partial charge in [0.05, 0.1) is 12.3 Å². The number of nitrogens with zero attached hydrogens (tertiary/aromatic N) is 5. The van der Waals surface area contributed by atoms with E-state index in [-0.39, 0.29) is 6.03 Å². The summed E-state index contributed by atoms with van der Waals surface area (Å²) >= 11 is 0. The van der Waals surface area contributed by atoms with E-state index in [0.717, 1.165) is 43.6 Å². The number of aromatic nitrogens is 2. The normalized spacial score (nSPS) is 16.9. The van der Waals surface area contributed by atoms with Gasteiger partial charge in [-0.05, 0) is 45.2 Å². The molecule has 0 unspecified atom stereocenters. The highest BCUT2D eigenvalue weighted by molar-refractivity contribution is 5.91. The fourth-order valence-electron chi connectivity index (χ4n) is 4.17. The number of rotatable bonds is 5. The fourth-order valence-corrected chi connectivity index (χ4v) is 4.17. The van der Waals surface area contributed by atoms with E-state index in [4.69, 9.17) is 4.74 Å². The van der Waals surface area contributed by atoms with Crippen molar-refractivity contribution in [2.45, 2.75) is 33.1 Å². The molecule has 0 saturated carbocycles. The summed E-state index contributed by atoms with van der Waals surface area (Å²) in [5, 5.41) is 2.99. The molecule has 0 aliphatic carbocycles. The number of aryl methyl sites for hydroxylation is 1. The van der Waals surface area contributed by atoms with Gasteiger partial charge >= 0.3 is 6.03 Å². The van der Waals surface area contributed by atoms with Gasteiger partial charge in [0, 0.05) is 45.3 Å². The van der Waals surface area contributed by atoms with Crippen molar-refractivity contribution < 1.29 is 9.53 Å². The van der Waals surface area contributed by atoms with Gasteiger partial charge < -0.3 is 24.8 Å². The van der Waals surface area contributed by atoms with Gasteiger partial charge in [0.25, 0.3) is 0 Å². The van der Waals surface area contributed by atoms with Gasteiger partial charge in [0.2, 0.25) is 0 Å². The molecule has 8 nitrogen and oxygen atoms in total. The lowest BCUT2D eigenvalue weighted by molar-refractivity contribution is 0.208. The molecule has 2 aromatic rings. The summed E-state index contributed by atoms with van der Waals surface area (Å²) in [6.07, 6.45) is 3.74. The second-order valence-corrected chi connectivity index (χ2v) is 8.01. The number of hydrogen-bond acceptors (Lipinski definition) is 6. The van der Waals surface area contributed by atoms with Gasteiger partial charge in [-0.1, -0.05) is 12.1 Å². The smallest absolute Gasteiger partial charge is 0.322 e. The van der Waals surface area contributed by atoms with Crippen LogP contribution in [0.2, 0.25) is 0 Å². The van der Waals surface area contributed by atoms with Crippen LogP contribution in [0.25, 0.3) is 0 Å². The first-order valence-corrected chi connectivity index (χ1v) is 11.3. The molecule has 1 N–H and O–H groups in total. The number of piperazine rings is 1. The molecule has 166 valence electrons. The van der Waals surface area contributed by atoms with Crippen LogP contribution in [-0.4, -0.2) is 66.8 Å². The van der Waals surface area contributed by atoms with E-state index in [1.165, 1.54) is 19.3 Å². The van der Waals surface area contributed by atoms with Crippen molar-refractivity contribution in [2.75, 3.05) is 61.0 Å². The molecule has 2 aliphatic rings. The van der Waals surface area contributed by atoms with E-state index in [1.54, 1.807) is 0 Å². The predicted molar refractivity (Wildman–Crippen MR) is 123 cm³/mol. The minimum absolute atomic E-state index is 0.0975. The van der Waals surface area contributed by atoms with Crippen LogP contribution in [0.4, 0.5) is 22.1 Å². The first-order chi connectivity index (χ1) is 15.1. The van der Waals surface area contributed by atoms with E-state index in [0.29, 0.717) is 31.1 Å². The average Bonchev–Trinajstić information content (AvgIpc) is 2.81. The maximum Gasteiger partial charge on any atom is 0.322 e. The van der Waals surface area contributed by atoms with Crippen molar-refractivity contribution in [3.63, 3.8) is 0 Å². The zero-order valence-corrected chi connectivity index (χ0v) is 18.5. The quantitative estimate of drug-likeness (QED) is 0.792. The lowest BCUT2D eigenvalue weighted by atomic mass is 10.1. The third-order valence-corrected chi connectivity index (χ3v) is 5.81. The number of carbonyl (C=O) groups excluding carboxylic acids is 1. The highest BCUT2D eigenvalue weighted by Crippen LogP contribution is 2.25. The largest absolute Gasteiger partial charge is 0.492 e. The summed E-state index contributed by atoms with van der Waals surface area (Å²) in [6, 6.07) is 9.54. The summed E-state index contributed by atoms with van der Waals surface area (Å²) in [7, 11) is 0. The van der Waals surface area contributed by atoms with E-state index in [1.807, 2.05) is 43.0 Å². The average molecular weight is 425 g/mol. The zero-order valence-electron chi connectivity index (χ0n) is 18.5. The topological polar surface area (TPSA) is 73.8 Å². The first kappa shape index (κ1) is 21.2. The summed E-state index contributed by atoms with van der Waals surface area (Å²) in [5.41, 5.74) is 0.703. The van der Waals surface area contributed by atoms with E-state index < -0.39 is 0 Å². The molecule has 2 fully saturated rings. The lowest BCUT2D eigenvalue weighted by Crippen LogP contribution is -2.50. The zero-order chi connectivity index (χ0) is 21.6. The number of carbonyl (C=O) groups is 1. The number of anilines is 3. The number of para-hydroxylation sites is 2. The van der Waals surface area contributed by atoms with Crippen LogP contribution in [0.5, 0.6) is 5.75 Å². The molecule has 2 saturated heterocycles. The summed E-state index contributed by atoms with van der Waals surface area (Å²) in [6.45, 7) is 9.35. The Bertz CT molecular complexity index is 891. The summed E-state index contributed by atoms with van der Waals surface area (Å²) in [5.74, 6) is 3.47. The third-order valence-electron chi connectivity index (χ3n) is 5.81. The number of ether oxygens (including phenoxy) is 1. The lowest BCUT2D eigenvalue weighted by Gasteiger charge is -2.36. The van der Waals surface area contributed by atoms with Gasteiger partial charge in [0.15, 0.2) is 0 Å². The van der Waals surface area contributed by atoms with Crippen LogP contribution in [0.15, 0.2) is 30.3 Å². The van der Waals surface area contributed by atoms with E-state index in [2.05, 4.69) is 31.2 Å². The summed E-state index contributed by atoms with van der Waals surface area (Å²) in [4.78, 5) is 28.6. The van der Waals surface area contributed by atoms with Crippen molar-refractivity contribution in [3.8, 4) is 5.75 Å². The van der Waals surface area contributed by atoms with Crippen LogP contribution in [0.1, 0.15) is 32.0 Å². The molecule has 2 aliphatic heterocycles. The van der Waals surface area contributed by atoms with Gasteiger partial charge in [-0.3, -0.25) is 0 Å². The minimum Gasteiger partial charge on any atom is -0.492 e. The maximum absolute atomic E-state index is 12.8. The van der Waals surface area contributed by atoms with Crippen LogP contribution in [-0.2, 0) is 0 Å². The van der Waals surface area contributed by atoms with E-state index >= 15 is 0 Å². The number of benzene rings is 1. The molecule has 0 radical (unpaired) electrons. The minimum atomic E-state index is -0.0975. The highest BCUT2D eigenvalue weighted by Gasteiger charge is 2.24. The van der Waals surface area contributed by atoms with Gasteiger partial charge in [-0.25, -0.2) is 14.8 Å². The monoisotopic (exact) mass is 424 g/mol. The second-order valence-electron chi connectivity index (χ2n) is 8.01. The molecule has 0 bridgehead atoms. The van der Waals surface area contributed by atoms with Crippen molar-refractivity contribution in [2.24, 2.45) is 0 Å². The molecule has 3 heterocycles. The first-order valence-electron chi connectivity index (χ1n) is 11.3. The van der Waals surface area contributed by atoms with Crippen molar-refractivity contribution >= 4 is 23.4 Å². The Balaban J connectivity index is 1.37. The Morgan fingerprint density at radius 2 is 1.61 bits per heavy atom. The molecule has 8 heteroatoms. The van der Waals surface area contributed by atoms with Crippen LogP contribution in [0, 0.1) is 6.92 Å². The van der Waals surface area contributed by atoms with E-state index in [9.17, 15) is 4.79 Å². The number of amides is 2. The van der Waals surface area contributed by atoms with Crippen LogP contribution in [0.3, 0.4) is 0 Å². The molecule has 0 atom stereocenters. The van der Waals surface area contributed by atoms with Crippen molar-refractivity contribution in [3.05, 3.63) is 36.2 Å². The van der Waals surface area contributed by atoms with Gasteiger partial charge in [-0.2, -0.15) is 0 Å². The Kier molecular flexibility index (Phi) is 6.74. The standard InChI is InChI=1S/C23H32N6O2/c1-3-31-20-10-6-5-9-19(20)26-23(30)29-15-13-28(14-16-29)22-17-21(24-18(2)25-22)27-11-7-4-8-12-27/h5-6,9-10,17H,3-4,7-8,11-16H2,1-2H3,(H,26,30).